The lowest BCUT2D eigenvalue weighted by atomic mass is 10.1. The van der Waals surface area contributed by atoms with Gasteiger partial charge in [-0.15, -0.1) is 0 Å². The predicted octanol–water partition coefficient (Wildman–Crippen LogP) is 4.65. The van der Waals surface area contributed by atoms with E-state index in [-0.39, 0.29) is 0 Å². The van der Waals surface area contributed by atoms with Gasteiger partial charge in [0.2, 0.25) is 0 Å². The van der Waals surface area contributed by atoms with Crippen LogP contribution in [-0.2, 0) is 4.12 Å². The van der Waals surface area contributed by atoms with Gasteiger partial charge in [0.15, 0.2) is 16.6 Å². The van der Waals surface area contributed by atoms with Gasteiger partial charge in [0.05, 0.1) is 0 Å². The van der Waals surface area contributed by atoms with Gasteiger partial charge in [-0.1, -0.05) is 12.2 Å². The van der Waals surface area contributed by atoms with Gasteiger partial charge in [-0.3, -0.25) is 0 Å². The molecule has 1 nitrogen and oxygen atoms in total. The van der Waals surface area contributed by atoms with Gasteiger partial charge < -0.3 is 4.12 Å². The number of allylic oxidation sites excluding steroid dienone is 2. The second-order valence-corrected chi connectivity index (χ2v) is 16.3. The van der Waals surface area contributed by atoms with Crippen LogP contribution in [0.5, 0.6) is 0 Å². The molecule has 16 heavy (non-hydrogen) atoms. The summed E-state index contributed by atoms with van der Waals surface area (Å²) in [5, 5.41) is 0. The minimum Gasteiger partial charge on any atom is -0.456 e. The van der Waals surface area contributed by atoms with Crippen molar-refractivity contribution in [2.24, 2.45) is 11.8 Å². The molecule has 94 valence electrons. The monoisotopic (exact) mass is 256 g/mol. The van der Waals surface area contributed by atoms with E-state index in [1.54, 1.807) is 0 Å². The summed E-state index contributed by atoms with van der Waals surface area (Å²) in [5.74, 6) is 1.98. The van der Waals surface area contributed by atoms with E-state index in [0.29, 0.717) is 0 Å². The van der Waals surface area contributed by atoms with Gasteiger partial charge in [0, 0.05) is 0 Å². The van der Waals surface area contributed by atoms with Gasteiger partial charge >= 0.3 is 0 Å². The summed E-state index contributed by atoms with van der Waals surface area (Å²) in [6.45, 7) is 13.4. The van der Waals surface area contributed by atoms with Crippen molar-refractivity contribution < 1.29 is 4.12 Å². The van der Waals surface area contributed by atoms with Crippen molar-refractivity contribution in [3.8, 4) is 0 Å². The van der Waals surface area contributed by atoms with Gasteiger partial charge in [-0.05, 0) is 70.4 Å². The van der Waals surface area contributed by atoms with E-state index in [2.05, 4.69) is 51.4 Å². The van der Waals surface area contributed by atoms with Gasteiger partial charge in [0.1, 0.15) is 0 Å². The summed E-state index contributed by atoms with van der Waals surface area (Å²) >= 11 is 0. The third-order valence-electron chi connectivity index (χ3n) is 2.78. The van der Waals surface area contributed by atoms with Crippen LogP contribution >= 0.6 is 0 Å². The molecular formula is C13H28OSi2. The van der Waals surface area contributed by atoms with E-state index < -0.39 is 16.6 Å². The summed E-state index contributed by atoms with van der Waals surface area (Å²) in [6.07, 6.45) is 9.19. The molecule has 0 radical (unpaired) electrons. The van der Waals surface area contributed by atoms with Crippen molar-refractivity contribution in [3.05, 3.63) is 12.2 Å². The smallest absolute Gasteiger partial charge is 0.170 e. The molecule has 0 spiro atoms. The Morgan fingerprint density at radius 3 is 1.25 bits per heavy atom. The van der Waals surface area contributed by atoms with Crippen LogP contribution in [0.1, 0.15) is 19.3 Å². The molecular weight excluding hydrogens is 228 g/mol. The van der Waals surface area contributed by atoms with Crippen LogP contribution in [0.3, 0.4) is 0 Å². The molecule has 2 unspecified atom stereocenters. The fourth-order valence-electron chi connectivity index (χ4n) is 2.64. The number of rotatable bonds is 2. The lowest BCUT2D eigenvalue weighted by Gasteiger charge is -2.27. The Bertz CT molecular complexity index is 224. The molecule has 0 saturated heterocycles. The summed E-state index contributed by atoms with van der Waals surface area (Å²) in [4.78, 5) is 0. The van der Waals surface area contributed by atoms with Crippen molar-refractivity contribution in [1.29, 1.82) is 0 Å². The lowest BCUT2D eigenvalue weighted by Crippen LogP contribution is -2.39. The fraction of sp³-hybridized carbons (Fsp3) is 0.846. The molecule has 0 amide bonds. The average Bonchev–Trinajstić information content (AvgIpc) is 2.58. The van der Waals surface area contributed by atoms with E-state index in [1.165, 1.54) is 19.3 Å². The molecule has 0 aromatic rings. The molecule has 1 fully saturated rings. The van der Waals surface area contributed by atoms with E-state index >= 15 is 0 Å². The van der Waals surface area contributed by atoms with Crippen molar-refractivity contribution >= 4 is 16.6 Å². The molecule has 2 aliphatic carbocycles. The highest BCUT2D eigenvalue weighted by atomic mass is 28.4. The molecule has 1 saturated carbocycles. The largest absolute Gasteiger partial charge is 0.456 e. The van der Waals surface area contributed by atoms with Crippen LogP contribution in [0.2, 0.25) is 39.3 Å². The van der Waals surface area contributed by atoms with E-state index in [9.17, 15) is 0 Å². The van der Waals surface area contributed by atoms with Crippen LogP contribution in [-0.4, -0.2) is 16.6 Å². The highest BCUT2D eigenvalue weighted by Crippen LogP contribution is 2.38. The quantitative estimate of drug-likeness (QED) is 0.516. The first-order chi connectivity index (χ1) is 7.16. The third kappa shape index (κ3) is 6.01. The first-order valence-electron chi connectivity index (χ1n) is 6.54. The van der Waals surface area contributed by atoms with Crippen molar-refractivity contribution in [1.82, 2.24) is 0 Å². The van der Waals surface area contributed by atoms with E-state index in [1.807, 2.05) is 0 Å². The molecule has 2 aliphatic rings. The van der Waals surface area contributed by atoms with Crippen LogP contribution in [0.15, 0.2) is 12.2 Å². The number of hydrogen-bond donors (Lipinski definition) is 0. The summed E-state index contributed by atoms with van der Waals surface area (Å²) in [5.41, 5.74) is 0. The van der Waals surface area contributed by atoms with Crippen LogP contribution < -0.4 is 0 Å². The zero-order valence-corrected chi connectivity index (χ0v) is 13.8. The molecule has 3 heteroatoms. The lowest BCUT2D eigenvalue weighted by molar-refractivity contribution is 0.559. The van der Waals surface area contributed by atoms with Gasteiger partial charge in [0.25, 0.3) is 0 Å². The number of fused-ring (bicyclic) bond motifs is 2. The van der Waals surface area contributed by atoms with Crippen LogP contribution in [0, 0.1) is 11.8 Å². The zero-order valence-electron chi connectivity index (χ0n) is 11.8. The maximum atomic E-state index is 5.90. The molecule has 0 aromatic carbocycles. The Hall–Kier alpha value is 0.134. The van der Waals surface area contributed by atoms with Crippen LogP contribution in [0.25, 0.3) is 0 Å². The van der Waals surface area contributed by atoms with Gasteiger partial charge in [-0.25, -0.2) is 0 Å². The molecule has 2 rings (SSSR count). The first kappa shape index (κ1) is 14.2. The summed E-state index contributed by atoms with van der Waals surface area (Å²) in [7, 11) is -2.46. The van der Waals surface area contributed by atoms with E-state index in [4.69, 9.17) is 4.12 Å². The topological polar surface area (TPSA) is 9.23 Å². The Kier molecular flexibility index (Phi) is 4.61. The molecule has 0 aliphatic heterocycles. The molecule has 2 bridgehead atoms. The highest BCUT2D eigenvalue weighted by Gasteiger charge is 2.25. The van der Waals surface area contributed by atoms with E-state index in [0.717, 1.165) is 11.8 Å². The van der Waals surface area contributed by atoms with Crippen molar-refractivity contribution in [2.75, 3.05) is 0 Å². The minimum absolute atomic E-state index is 0.991. The highest BCUT2D eigenvalue weighted by molar-refractivity contribution is 6.83. The standard InChI is InChI=1S/C7H10.C6H18OSi2/c1-2-7-4-3-6(1)5-7;1-8(2,3)7-9(4,5)6/h1-2,6-7H,3-5H2;1-6H3. The zero-order chi connectivity index (χ0) is 12.4. The fourth-order valence-corrected chi connectivity index (χ4v) is 9.98. The Balaban J connectivity index is 0.000000163. The molecule has 0 heterocycles. The predicted molar refractivity (Wildman–Crippen MR) is 77.7 cm³/mol. The molecule has 2 atom stereocenters. The summed E-state index contributed by atoms with van der Waals surface area (Å²) in [6, 6.07) is 0. The van der Waals surface area contributed by atoms with Gasteiger partial charge in [-0.2, -0.15) is 0 Å². The average molecular weight is 257 g/mol. The SMILES string of the molecule is C1=CC2CCC1C2.C[Si](C)(C)O[Si](C)(C)C. The van der Waals surface area contributed by atoms with Crippen molar-refractivity contribution in [3.63, 3.8) is 0 Å². The molecule has 0 N–H and O–H groups in total. The van der Waals surface area contributed by atoms with Crippen molar-refractivity contribution in [2.45, 2.75) is 58.5 Å². The Morgan fingerprint density at radius 1 is 0.812 bits per heavy atom. The maximum absolute atomic E-state index is 5.90. The third-order valence-corrected chi connectivity index (χ3v) is 7.68. The first-order valence-corrected chi connectivity index (χ1v) is 13.4. The Labute approximate surface area is 104 Å². The summed E-state index contributed by atoms with van der Waals surface area (Å²) < 4.78 is 5.90. The minimum atomic E-state index is -1.23. The maximum Gasteiger partial charge on any atom is 0.170 e. The second kappa shape index (κ2) is 5.19. The second-order valence-electron chi connectivity index (χ2n) is 7.04. The molecule has 0 aromatic heterocycles. The Morgan fingerprint density at radius 2 is 1.19 bits per heavy atom. The number of hydrogen-bond acceptors (Lipinski definition) is 1. The van der Waals surface area contributed by atoms with Crippen LogP contribution in [0.4, 0.5) is 0 Å². The normalized spacial score (nSPS) is 27.9.